The van der Waals surface area contributed by atoms with Gasteiger partial charge in [-0.1, -0.05) is 36.2 Å². The number of carbonyl (C=O) groups is 1. The highest BCUT2D eigenvalue weighted by molar-refractivity contribution is 6.35. The van der Waals surface area contributed by atoms with Crippen LogP contribution >= 0.6 is 23.2 Å². The SMILES string of the molecule is CC[C@@H](C=O)[C@@H](c1ccc(Cl)cc1Cl)[C@@H](C)[N+](=O)[O-]. The van der Waals surface area contributed by atoms with Gasteiger partial charge in [0, 0.05) is 27.8 Å². The van der Waals surface area contributed by atoms with Gasteiger partial charge in [-0.3, -0.25) is 10.1 Å². The van der Waals surface area contributed by atoms with E-state index in [9.17, 15) is 14.9 Å². The first-order chi connectivity index (χ1) is 8.92. The summed E-state index contributed by atoms with van der Waals surface area (Å²) in [6.45, 7) is 3.31. The third-order valence-electron chi connectivity index (χ3n) is 3.28. The number of benzene rings is 1. The van der Waals surface area contributed by atoms with Gasteiger partial charge in [-0.2, -0.15) is 0 Å². The third kappa shape index (κ3) is 3.67. The van der Waals surface area contributed by atoms with Crippen molar-refractivity contribution in [3.63, 3.8) is 0 Å². The third-order valence-corrected chi connectivity index (χ3v) is 3.84. The van der Waals surface area contributed by atoms with Crippen LogP contribution in [0.15, 0.2) is 18.2 Å². The summed E-state index contributed by atoms with van der Waals surface area (Å²) < 4.78 is 0. The second-order valence-corrected chi connectivity index (χ2v) is 5.27. The van der Waals surface area contributed by atoms with E-state index >= 15 is 0 Å². The van der Waals surface area contributed by atoms with E-state index in [1.807, 2.05) is 6.92 Å². The van der Waals surface area contributed by atoms with E-state index in [1.165, 1.54) is 13.0 Å². The van der Waals surface area contributed by atoms with Crippen molar-refractivity contribution >= 4 is 29.5 Å². The molecule has 4 nitrogen and oxygen atoms in total. The molecule has 0 aliphatic rings. The smallest absolute Gasteiger partial charge is 0.217 e. The van der Waals surface area contributed by atoms with Gasteiger partial charge in [-0.05, 0) is 24.1 Å². The lowest BCUT2D eigenvalue weighted by molar-refractivity contribution is -0.523. The molecule has 0 radical (unpaired) electrons. The summed E-state index contributed by atoms with van der Waals surface area (Å²) in [5.41, 5.74) is 0.592. The second kappa shape index (κ2) is 6.87. The maximum Gasteiger partial charge on any atom is 0.217 e. The molecule has 104 valence electrons. The van der Waals surface area contributed by atoms with Gasteiger partial charge in [0.05, 0.1) is 5.92 Å². The lowest BCUT2D eigenvalue weighted by Crippen LogP contribution is -2.30. The Labute approximate surface area is 121 Å². The predicted molar refractivity (Wildman–Crippen MR) is 75.5 cm³/mol. The first-order valence-electron chi connectivity index (χ1n) is 5.96. The van der Waals surface area contributed by atoms with Crippen molar-refractivity contribution in [2.45, 2.75) is 32.2 Å². The fourth-order valence-electron chi connectivity index (χ4n) is 2.19. The van der Waals surface area contributed by atoms with Gasteiger partial charge in [0.25, 0.3) is 0 Å². The van der Waals surface area contributed by atoms with Crippen LogP contribution in [0.1, 0.15) is 31.7 Å². The van der Waals surface area contributed by atoms with Crippen LogP contribution in [0, 0.1) is 16.0 Å². The highest BCUT2D eigenvalue weighted by Crippen LogP contribution is 2.36. The van der Waals surface area contributed by atoms with Crippen molar-refractivity contribution in [3.8, 4) is 0 Å². The van der Waals surface area contributed by atoms with Gasteiger partial charge in [-0.25, -0.2) is 0 Å². The molecule has 0 saturated heterocycles. The molecule has 0 aliphatic heterocycles. The number of rotatable bonds is 6. The Morgan fingerprint density at radius 1 is 1.42 bits per heavy atom. The summed E-state index contributed by atoms with van der Waals surface area (Å²) in [5.74, 6) is -0.999. The number of hydrogen-bond donors (Lipinski definition) is 0. The summed E-state index contributed by atoms with van der Waals surface area (Å²) in [6, 6.07) is 3.92. The van der Waals surface area contributed by atoms with Crippen LogP contribution in [0.2, 0.25) is 10.0 Å². The fraction of sp³-hybridized carbons (Fsp3) is 0.462. The largest absolute Gasteiger partial charge is 0.303 e. The predicted octanol–water partition coefficient (Wildman–Crippen LogP) is 3.97. The molecule has 0 unspecified atom stereocenters. The number of hydrogen-bond acceptors (Lipinski definition) is 3. The summed E-state index contributed by atoms with van der Waals surface area (Å²) in [5, 5.41) is 11.9. The van der Waals surface area contributed by atoms with Crippen molar-refractivity contribution in [2.24, 2.45) is 5.92 Å². The average Bonchev–Trinajstić information content (AvgIpc) is 2.36. The number of nitro groups is 1. The van der Waals surface area contributed by atoms with Crippen LogP contribution in [-0.2, 0) is 4.79 Å². The minimum Gasteiger partial charge on any atom is -0.303 e. The molecule has 3 atom stereocenters. The van der Waals surface area contributed by atoms with Crippen molar-refractivity contribution in [1.82, 2.24) is 0 Å². The highest BCUT2D eigenvalue weighted by Gasteiger charge is 2.35. The van der Waals surface area contributed by atoms with E-state index in [1.54, 1.807) is 12.1 Å². The monoisotopic (exact) mass is 303 g/mol. The molecular weight excluding hydrogens is 289 g/mol. The van der Waals surface area contributed by atoms with E-state index < -0.39 is 17.9 Å². The highest BCUT2D eigenvalue weighted by atomic mass is 35.5. The fourth-order valence-corrected chi connectivity index (χ4v) is 2.72. The molecule has 19 heavy (non-hydrogen) atoms. The molecule has 0 aliphatic carbocycles. The van der Waals surface area contributed by atoms with Gasteiger partial charge in [0.15, 0.2) is 0 Å². The summed E-state index contributed by atoms with van der Waals surface area (Å²) in [4.78, 5) is 21.8. The zero-order valence-corrected chi connectivity index (χ0v) is 12.2. The van der Waals surface area contributed by atoms with Crippen LogP contribution < -0.4 is 0 Å². The van der Waals surface area contributed by atoms with Gasteiger partial charge in [-0.15, -0.1) is 0 Å². The van der Waals surface area contributed by atoms with E-state index in [0.717, 1.165) is 6.29 Å². The Hall–Kier alpha value is -1.13. The molecule has 0 aromatic heterocycles. The summed E-state index contributed by atoms with van der Waals surface area (Å²) in [6.07, 6.45) is 1.28. The Balaban J connectivity index is 3.29. The average molecular weight is 304 g/mol. The minimum absolute atomic E-state index is 0.353. The Morgan fingerprint density at radius 3 is 2.47 bits per heavy atom. The Bertz CT molecular complexity index is 477. The van der Waals surface area contributed by atoms with E-state index in [4.69, 9.17) is 23.2 Å². The molecule has 0 N–H and O–H groups in total. The van der Waals surface area contributed by atoms with Crippen molar-refractivity contribution in [3.05, 3.63) is 43.9 Å². The molecule has 1 aromatic carbocycles. The normalized spacial score (nSPS) is 15.6. The topological polar surface area (TPSA) is 60.2 Å². The van der Waals surface area contributed by atoms with Gasteiger partial charge >= 0.3 is 0 Å². The molecule has 1 rings (SSSR count). The lowest BCUT2D eigenvalue weighted by Gasteiger charge is -2.24. The minimum atomic E-state index is -0.895. The maximum atomic E-state index is 11.2. The number of carbonyl (C=O) groups excluding carboxylic acids is 1. The molecule has 0 saturated carbocycles. The molecule has 0 bridgehead atoms. The molecule has 0 amide bonds. The van der Waals surface area contributed by atoms with Crippen molar-refractivity contribution in [2.75, 3.05) is 0 Å². The van der Waals surface area contributed by atoms with E-state index in [2.05, 4.69) is 0 Å². The van der Waals surface area contributed by atoms with E-state index in [0.29, 0.717) is 22.0 Å². The standard InChI is InChI=1S/C13H15Cl2NO3/c1-3-9(7-17)13(8(2)16(18)19)11-5-4-10(14)6-12(11)15/h4-9,13H,3H2,1-2H3/t8-,9+,13+/m1/s1. The molecule has 0 spiro atoms. The quantitative estimate of drug-likeness (QED) is 0.454. The van der Waals surface area contributed by atoms with Crippen LogP contribution in [0.25, 0.3) is 0 Å². The number of halogens is 2. The number of nitrogens with zero attached hydrogens (tertiary/aromatic N) is 1. The Kier molecular flexibility index (Phi) is 5.76. The van der Waals surface area contributed by atoms with Crippen molar-refractivity contribution in [1.29, 1.82) is 0 Å². The first kappa shape index (κ1) is 15.9. The molecular formula is C13H15Cl2NO3. The molecule has 0 heterocycles. The van der Waals surface area contributed by atoms with Crippen molar-refractivity contribution < 1.29 is 9.72 Å². The second-order valence-electron chi connectivity index (χ2n) is 4.43. The van der Waals surface area contributed by atoms with Gasteiger partial charge < -0.3 is 4.79 Å². The summed E-state index contributed by atoms with van der Waals surface area (Å²) in [7, 11) is 0. The van der Waals surface area contributed by atoms with Crippen LogP contribution in [-0.4, -0.2) is 17.3 Å². The zero-order chi connectivity index (χ0) is 14.6. The van der Waals surface area contributed by atoms with Crippen LogP contribution in [0.4, 0.5) is 0 Å². The van der Waals surface area contributed by atoms with Crippen LogP contribution in [0.3, 0.4) is 0 Å². The summed E-state index contributed by atoms with van der Waals surface area (Å²) >= 11 is 11.9. The first-order valence-corrected chi connectivity index (χ1v) is 6.71. The van der Waals surface area contributed by atoms with E-state index in [-0.39, 0.29) is 4.92 Å². The molecule has 6 heteroatoms. The molecule has 0 fully saturated rings. The number of aldehydes is 1. The van der Waals surface area contributed by atoms with Gasteiger partial charge in [0.2, 0.25) is 6.04 Å². The lowest BCUT2D eigenvalue weighted by atomic mass is 9.80. The Morgan fingerprint density at radius 2 is 2.05 bits per heavy atom. The van der Waals surface area contributed by atoms with Gasteiger partial charge in [0.1, 0.15) is 6.29 Å². The van der Waals surface area contributed by atoms with Crippen LogP contribution in [0.5, 0.6) is 0 Å². The molecule has 1 aromatic rings. The maximum absolute atomic E-state index is 11.2. The zero-order valence-electron chi connectivity index (χ0n) is 10.7.